The molecule has 0 saturated carbocycles. The zero-order valence-electron chi connectivity index (χ0n) is 12.6. The molecule has 2 aromatic rings. The molecule has 0 saturated heterocycles. The summed E-state index contributed by atoms with van der Waals surface area (Å²) in [4.78, 5) is 54.5. The number of hydrogen-bond donors (Lipinski definition) is 1. The van der Waals surface area contributed by atoms with Gasteiger partial charge in [-0.15, -0.1) is 0 Å². The standard InChI is InChI=1S/C8H14N5O10P3/c9-7-6-8(11-3-10-7)13(4-12-6)1-2-21-5-24(14,15)22-26(19,20)23-25(16,17)18/h3-4H,1-2,5H2,(H,14,15)(H,19,20)(H2,9,10,11)(H2,16,17,18)/p-4. The van der Waals surface area contributed by atoms with Gasteiger partial charge in [0.25, 0.3) is 7.82 Å². The summed E-state index contributed by atoms with van der Waals surface area (Å²) in [7, 11) is -17.1. The number of nitrogens with two attached hydrogens (primary N) is 1. The normalized spacial score (nSPS) is 17.1. The number of ether oxygens (including phenoxy) is 1. The average molecular weight is 429 g/mol. The maximum Gasteiger partial charge on any atom is 0.276 e. The Balaban J connectivity index is 1.88. The second-order valence-electron chi connectivity index (χ2n) is 4.58. The fourth-order valence-electron chi connectivity index (χ4n) is 1.71. The predicted molar refractivity (Wildman–Crippen MR) is 75.5 cm³/mol. The molecule has 0 aliphatic heterocycles. The lowest BCUT2D eigenvalue weighted by molar-refractivity contribution is -0.339. The van der Waals surface area contributed by atoms with E-state index in [0.717, 1.165) is 0 Å². The van der Waals surface area contributed by atoms with Crippen LogP contribution in [0.15, 0.2) is 12.7 Å². The number of aromatic nitrogens is 4. The minimum Gasteiger partial charge on any atom is -0.790 e. The fourth-order valence-corrected chi connectivity index (χ4v) is 4.84. The van der Waals surface area contributed by atoms with Gasteiger partial charge in [0.15, 0.2) is 19.1 Å². The molecule has 0 amide bonds. The number of hydrogen-bond acceptors (Lipinski definition) is 14. The van der Waals surface area contributed by atoms with Gasteiger partial charge in [-0.2, -0.15) is 0 Å². The van der Waals surface area contributed by atoms with Crippen molar-refractivity contribution in [2.24, 2.45) is 0 Å². The molecule has 2 N–H and O–H groups in total. The van der Waals surface area contributed by atoms with Gasteiger partial charge in [-0.25, -0.2) is 15.0 Å². The van der Waals surface area contributed by atoms with Gasteiger partial charge in [-0.1, -0.05) is 0 Å². The average Bonchev–Trinajstić information content (AvgIpc) is 2.84. The lowest BCUT2D eigenvalue weighted by Gasteiger charge is -2.37. The van der Waals surface area contributed by atoms with Gasteiger partial charge < -0.3 is 43.7 Å². The third-order valence-electron chi connectivity index (χ3n) is 2.58. The first-order chi connectivity index (χ1) is 11.9. The van der Waals surface area contributed by atoms with E-state index in [1.54, 1.807) is 0 Å². The Morgan fingerprint density at radius 1 is 1.08 bits per heavy atom. The third-order valence-corrected chi connectivity index (χ3v) is 6.47. The van der Waals surface area contributed by atoms with E-state index in [1.807, 2.05) is 0 Å². The Morgan fingerprint density at radius 2 is 1.77 bits per heavy atom. The summed E-state index contributed by atoms with van der Waals surface area (Å²) < 4.78 is 45.5. The number of imidazole rings is 1. The predicted octanol–water partition coefficient (Wildman–Crippen LogP) is -2.73. The Bertz CT molecular complexity index is 927. The quantitative estimate of drug-likeness (QED) is 0.314. The van der Waals surface area contributed by atoms with Crippen LogP contribution in [0.1, 0.15) is 0 Å². The summed E-state index contributed by atoms with van der Waals surface area (Å²) in [5, 5.41) is 0. The summed E-state index contributed by atoms with van der Waals surface area (Å²) in [5.74, 6) is 0.146. The molecule has 2 atom stereocenters. The number of rotatable bonds is 9. The van der Waals surface area contributed by atoms with Crippen molar-refractivity contribution in [3.05, 3.63) is 12.7 Å². The van der Waals surface area contributed by atoms with Crippen LogP contribution in [0.3, 0.4) is 0 Å². The largest absolute Gasteiger partial charge is 0.790 e. The minimum absolute atomic E-state index is 0.0643. The van der Waals surface area contributed by atoms with Crippen molar-refractivity contribution in [1.82, 2.24) is 19.5 Å². The van der Waals surface area contributed by atoms with Crippen LogP contribution in [0.4, 0.5) is 5.82 Å². The van der Waals surface area contributed by atoms with Crippen LogP contribution < -0.4 is 25.3 Å². The summed E-state index contributed by atoms with van der Waals surface area (Å²) in [6, 6.07) is 0. The first kappa shape index (κ1) is 21.1. The van der Waals surface area contributed by atoms with Crippen molar-refractivity contribution in [3.8, 4) is 0 Å². The smallest absolute Gasteiger partial charge is 0.276 e. The van der Waals surface area contributed by atoms with Crippen molar-refractivity contribution in [1.29, 1.82) is 0 Å². The van der Waals surface area contributed by atoms with E-state index in [-0.39, 0.29) is 19.0 Å². The fraction of sp³-hybridized carbons (Fsp3) is 0.375. The molecule has 0 spiro atoms. The van der Waals surface area contributed by atoms with Crippen LogP contribution in [-0.4, -0.2) is 32.5 Å². The molecule has 18 heteroatoms. The van der Waals surface area contributed by atoms with E-state index >= 15 is 0 Å². The molecule has 146 valence electrons. The van der Waals surface area contributed by atoms with Crippen LogP contribution in [0.5, 0.6) is 0 Å². The van der Waals surface area contributed by atoms with Crippen molar-refractivity contribution in [3.63, 3.8) is 0 Å². The molecule has 15 nitrogen and oxygen atoms in total. The van der Waals surface area contributed by atoms with Gasteiger partial charge in [-0.3, -0.25) is 13.2 Å². The van der Waals surface area contributed by atoms with Crippen LogP contribution >= 0.6 is 23.2 Å². The number of anilines is 1. The molecule has 0 aromatic carbocycles. The highest BCUT2D eigenvalue weighted by molar-refractivity contribution is 7.66. The highest BCUT2D eigenvalue weighted by atomic mass is 31.3. The van der Waals surface area contributed by atoms with Crippen LogP contribution in [0, 0.1) is 0 Å². The van der Waals surface area contributed by atoms with E-state index < -0.39 is 29.6 Å². The molecule has 0 aliphatic rings. The molecule has 0 radical (unpaired) electrons. The molecule has 0 fully saturated rings. The topological polar surface area (TPSA) is 241 Å². The summed E-state index contributed by atoms with van der Waals surface area (Å²) in [6.45, 7) is -0.175. The van der Waals surface area contributed by atoms with Crippen LogP contribution in [-0.2, 0) is 33.6 Å². The minimum atomic E-state index is -6.00. The maximum absolute atomic E-state index is 11.4. The highest BCUT2D eigenvalue weighted by Gasteiger charge is 2.20. The van der Waals surface area contributed by atoms with Crippen molar-refractivity contribution in [2.75, 3.05) is 18.7 Å². The first-order valence-corrected chi connectivity index (χ1v) is 11.1. The van der Waals surface area contributed by atoms with Gasteiger partial charge >= 0.3 is 0 Å². The van der Waals surface area contributed by atoms with Crippen LogP contribution in [0.25, 0.3) is 11.2 Å². The molecule has 26 heavy (non-hydrogen) atoms. The summed E-state index contributed by atoms with van der Waals surface area (Å²) in [6.07, 6.45) is 1.33. The van der Waals surface area contributed by atoms with Crippen molar-refractivity contribution in [2.45, 2.75) is 6.54 Å². The van der Waals surface area contributed by atoms with Crippen molar-refractivity contribution >= 4 is 40.2 Å². The maximum atomic E-state index is 11.4. The van der Waals surface area contributed by atoms with Gasteiger partial charge in [0.1, 0.15) is 18.2 Å². The zero-order chi connectivity index (χ0) is 19.6. The second-order valence-corrected chi connectivity index (χ2v) is 9.15. The number of nitrogens with zero attached hydrogens (tertiary/aromatic N) is 4. The highest BCUT2D eigenvalue weighted by Crippen LogP contribution is 2.59. The SMILES string of the molecule is Nc1ncnc2c1ncn2CCOCP(=O)([O-])OP(=O)([O-])OP(=O)([O-])[O-]. The van der Waals surface area contributed by atoms with E-state index in [4.69, 9.17) is 10.5 Å². The van der Waals surface area contributed by atoms with E-state index in [2.05, 4.69) is 23.6 Å². The molecule has 2 unspecified atom stereocenters. The lowest BCUT2D eigenvalue weighted by Crippen LogP contribution is -2.21. The van der Waals surface area contributed by atoms with E-state index in [0.29, 0.717) is 11.2 Å². The Hall–Kier alpha value is -1.24. The summed E-state index contributed by atoms with van der Waals surface area (Å²) in [5.41, 5.74) is 6.29. The molecule has 2 heterocycles. The monoisotopic (exact) mass is 429 g/mol. The number of nitrogen functional groups attached to an aromatic ring is 1. The number of phosphoric acid groups is 2. The Morgan fingerprint density at radius 3 is 2.42 bits per heavy atom. The summed E-state index contributed by atoms with van der Waals surface area (Å²) >= 11 is 0. The Labute approximate surface area is 145 Å². The third kappa shape index (κ3) is 6.18. The lowest BCUT2D eigenvalue weighted by atomic mass is 10.5. The van der Waals surface area contributed by atoms with Gasteiger partial charge in [-0.05, 0) is 0 Å². The Kier molecular flexibility index (Phi) is 6.31. The molecular weight excluding hydrogens is 419 g/mol. The molecular formula is C8H10N5O10P3-4. The van der Waals surface area contributed by atoms with Gasteiger partial charge in [0.2, 0.25) is 0 Å². The van der Waals surface area contributed by atoms with Gasteiger partial charge in [0.05, 0.1) is 20.8 Å². The van der Waals surface area contributed by atoms with E-state index in [9.17, 15) is 33.3 Å². The molecule has 0 aliphatic carbocycles. The second kappa shape index (κ2) is 7.79. The zero-order valence-corrected chi connectivity index (χ0v) is 15.2. The molecule has 2 aromatic heterocycles. The van der Waals surface area contributed by atoms with Crippen LogP contribution in [0.2, 0.25) is 0 Å². The molecule has 2 rings (SSSR count). The van der Waals surface area contributed by atoms with Gasteiger partial charge in [0, 0.05) is 6.54 Å². The van der Waals surface area contributed by atoms with Crippen molar-refractivity contribution < 1.29 is 46.6 Å². The van der Waals surface area contributed by atoms with E-state index in [1.165, 1.54) is 17.2 Å². The first-order valence-electron chi connectivity index (χ1n) is 6.43. The number of fused-ring (bicyclic) bond motifs is 1. The molecule has 0 bridgehead atoms.